The third-order valence-corrected chi connectivity index (χ3v) is 4.08. The predicted molar refractivity (Wildman–Crippen MR) is 73.4 cm³/mol. The topological polar surface area (TPSA) is 43.8 Å². The zero-order valence-electron chi connectivity index (χ0n) is 12.4. The second kappa shape index (κ2) is 6.53. The normalized spacial score (nSPS) is 28.1. The maximum absolute atomic E-state index is 12.3. The number of likely N-dealkylation sites (N-methyl/N-ethyl adjacent to an activating group) is 1. The summed E-state index contributed by atoms with van der Waals surface area (Å²) in [6, 6.07) is 0.921. The molecule has 1 N–H and O–H groups in total. The maximum atomic E-state index is 12.3. The van der Waals surface area contributed by atoms with Gasteiger partial charge in [-0.15, -0.1) is 0 Å². The Bertz CT molecular complexity index is 271. The molecule has 106 valence electrons. The SMILES string of the molecule is CC(O)CCN(C)C(=O)C(C)N1C(C)CCC1C. The Morgan fingerprint density at radius 1 is 1.33 bits per heavy atom. The van der Waals surface area contributed by atoms with E-state index in [0.717, 1.165) is 0 Å². The number of aliphatic hydroxyl groups is 1. The molecule has 0 radical (unpaired) electrons. The van der Waals surface area contributed by atoms with E-state index in [1.54, 1.807) is 11.8 Å². The van der Waals surface area contributed by atoms with E-state index in [-0.39, 0.29) is 18.1 Å². The smallest absolute Gasteiger partial charge is 0.239 e. The molecule has 4 unspecified atom stereocenters. The molecule has 0 aromatic rings. The molecule has 1 amide bonds. The van der Waals surface area contributed by atoms with Crippen molar-refractivity contribution in [2.24, 2.45) is 0 Å². The first-order chi connectivity index (χ1) is 8.34. The number of hydrogen-bond donors (Lipinski definition) is 1. The molecule has 4 atom stereocenters. The highest BCUT2D eigenvalue weighted by atomic mass is 16.3. The first-order valence-corrected chi connectivity index (χ1v) is 7.05. The molecule has 0 aromatic carbocycles. The summed E-state index contributed by atoms with van der Waals surface area (Å²) in [5, 5.41) is 9.27. The second-order valence-electron chi connectivity index (χ2n) is 5.80. The van der Waals surface area contributed by atoms with Crippen LogP contribution in [0.15, 0.2) is 0 Å². The first kappa shape index (κ1) is 15.4. The Kier molecular flexibility index (Phi) is 5.60. The molecule has 0 aromatic heterocycles. The van der Waals surface area contributed by atoms with Crippen LogP contribution in [0.5, 0.6) is 0 Å². The summed E-state index contributed by atoms with van der Waals surface area (Å²) in [6.45, 7) is 8.77. The maximum Gasteiger partial charge on any atom is 0.239 e. The fourth-order valence-corrected chi connectivity index (χ4v) is 2.92. The van der Waals surface area contributed by atoms with Crippen molar-refractivity contribution in [3.8, 4) is 0 Å². The van der Waals surface area contributed by atoms with Crippen LogP contribution in [0.1, 0.15) is 47.0 Å². The number of hydrogen-bond acceptors (Lipinski definition) is 3. The highest BCUT2D eigenvalue weighted by Gasteiger charge is 2.35. The van der Waals surface area contributed by atoms with Crippen molar-refractivity contribution in [3.63, 3.8) is 0 Å². The molecule has 18 heavy (non-hydrogen) atoms. The predicted octanol–water partition coefficient (Wildman–Crippen LogP) is 1.48. The zero-order chi connectivity index (χ0) is 13.9. The van der Waals surface area contributed by atoms with Crippen molar-refractivity contribution in [2.75, 3.05) is 13.6 Å². The second-order valence-corrected chi connectivity index (χ2v) is 5.80. The van der Waals surface area contributed by atoms with Crippen molar-refractivity contribution in [2.45, 2.75) is 71.2 Å². The number of carbonyl (C=O) groups is 1. The van der Waals surface area contributed by atoms with Crippen molar-refractivity contribution in [1.82, 2.24) is 9.80 Å². The van der Waals surface area contributed by atoms with Crippen LogP contribution in [0.4, 0.5) is 0 Å². The lowest BCUT2D eigenvalue weighted by Crippen LogP contribution is -2.49. The van der Waals surface area contributed by atoms with Gasteiger partial charge in [-0.25, -0.2) is 0 Å². The average Bonchev–Trinajstić information content (AvgIpc) is 2.64. The molecule has 0 saturated carbocycles. The molecular weight excluding hydrogens is 228 g/mol. The first-order valence-electron chi connectivity index (χ1n) is 7.05. The summed E-state index contributed by atoms with van der Waals surface area (Å²) in [7, 11) is 1.83. The summed E-state index contributed by atoms with van der Waals surface area (Å²) in [4.78, 5) is 16.4. The highest BCUT2D eigenvalue weighted by molar-refractivity contribution is 5.81. The number of rotatable bonds is 5. The van der Waals surface area contributed by atoms with E-state index in [2.05, 4.69) is 18.7 Å². The van der Waals surface area contributed by atoms with E-state index in [9.17, 15) is 9.90 Å². The van der Waals surface area contributed by atoms with Crippen LogP contribution in [0.25, 0.3) is 0 Å². The van der Waals surface area contributed by atoms with E-state index in [1.165, 1.54) is 12.8 Å². The van der Waals surface area contributed by atoms with Gasteiger partial charge in [0.15, 0.2) is 0 Å². The molecule has 4 nitrogen and oxygen atoms in total. The van der Waals surface area contributed by atoms with Crippen LogP contribution in [-0.2, 0) is 4.79 Å². The zero-order valence-corrected chi connectivity index (χ0v) is 12.4. The fourth-order valence-electron chi connectivity index (χ4n) is 2.92. The molecule has 1 aliphatic heterocycles. The van der Waals surface area contributed by atoms with Gasteiger partial charge >= 0.3 is 0 Å². The molecular formula is C14H28N2O2. The van der Waals surface area contributed by atoms with Crippen LogP contribution in [-0.4, -0.2) is 58.6 Å². The molecule has 0 spiro atoms. The van der Waals surface area contributed by atoms with Gasteiger partial charge < -0.3 is 10.0 Å². The minimum atomic E-state index is -0.347. The Labute approximate surface area is 111 Å². The Morgan fingerprint density at radius 2 is 1.83 bits per heavy atom. The Balaban J connectivity index is 2.54. The summed E-state index contributed by atoms with van der Waals surface area (Å²) >= 11 is 0. The number of nitrogens with zero attached hydrogens (tertiary/aromatic N) is 2. The number of aliphatic hydroxyl groups excluding tert-OH is 1. The van der Waals surface area contributed by atoms with E-state index in [0.29, 0.717) is 25.0 Å². The molecule has 1 heterocycles. The van der Waals surface area contributed by atoms with Gasteiger partial charge in [0.05, 0.1) is 12.1 Å². The van der Waals surface area contributed by atoms with Gasteiger partial charge in [0.1, 0.15) is 0 Å². The molecule has 1 aliphatic rings. The van der Waals surface area contributed by atoms with Crippen LogP contribution in [0, 0.1) is 0 Å². The highest BCUT2D eigenvalue weighted by Crippen LogP contribution is 2.26. The van der Waals surface area contributed by atoms with Crippen LogP contribution >= 0.6 is 0 Å². The third kappa shape index (κ3) is 3.69. The number of likely N-dealkylation sites (tertiary alicyclic amines) is 1. The Hall–Kier alpha value is -0.610. The van der Waals surface area contributed by atoms with E-state index >= 15 is 0 Å². The van der Waals surface area contributed by atoms with E-state index in [4.69, 9.17) is 0 Å². The lowest BCUT2D eigenvalue weighted by molar-refractivity contribution is -0.136. The quantitative estimate of drug-likeness (QED) is 0.810. The fraction of sp³-hybridized carbons (Fsp3) is 0.929. The summed E-state index contributed by atoms with van der Waals surface area (Å²) in [6.07, 6.45) is 2.65. The Morgan fingerprint density at radius 3 is 2.28 bits per heavy atom. The van der Waals surface area contributed by atoms with Crippen molar-refractivity contribution in [1.29, 1.82) is 0 Å². The van der Waals surface area contributed by atoms with Crippen LogP contribution in [0.3, 0.4) is 0 Å². The largest absolute Gasteiger partial charge is 0.393 e. The van der Waals surface area contributed by atoms with Gasteiger partial charge in [-0.05, 0) is 47.0 Å². The van der Waals surface area contributed by atoms with Gasteiger partial charge in [-0.1, -0.05) is 0 Å². The third-order valence-electron chi connectivity index (χ3n) is 4.08. The number of carbonyl (C=O) groups excluding carboxylic acids is 1. The summed E-state index contributed by atoms with van der Waals surface area (Å²) in [5.41, 5.74) is 0. The minimum absolute atomic E-state index is 0.0588. The van der Waals surface area contributed by atoms with Crippen LogP contribution in [0.2, 0.25) is 0 Å². The summed E-state index contributed by atoms with van der Waals surface area (Å²) < 4.78 is 0. The lowest BCUT2D eigenvalue weighted by atomic mass is 10.2. The van der Waals surface area contributed by atoms with Gasteiger partial charge in [0.2, 0.25) is 5.91 Å². The van der Waals surface area contributed by atoms with Crippen molar-refractivity contribution in [3.05, 3.63) is 0 Å². The van der Waals surface area contributed by atoms with Gasteiger partial charge in [0.25, 0.3) is 0 Å². The minimum Gasteiger partial charge on any atom is -0.393 e. The standard InChI is InChI=1S/C14H28N2O2/c1-10-6-7-11(2)16(10)13(4)14(18)15(5)9-8-12(3)17/h10-13,17H,6-9H2,1-5H3. The molecule has 1 fully saturated rings. The molecule has 0 aliphatic carbocycles. The lowest BCUT2D eigenvalue weighted by Gasteiger charge is -2.34. The monoisotopic (exact) mass is 256 g/mol. The van der Waals surface area contributed by atoms with E-state index < -0.39 is 0 Å². The van der Waals surface area contributed by atoms with Crippen LogP contribution < -0.4 is 0 Å². The van der Waals surface area contributed by atoms with Crippen molar-refractivity contribution < 1.29 is 9.90 Å². The number of amides is 1. The molecule has 0 bridgehead atoms. The van der Waals surface area contributed by atoms with E-state index in [1.807, 2.05) is 14.0 Å². The average molecular weight is 256 g/mol. The summed E-state index contributed by atoms with van der Waals surface area (Å²) in [5.74, 6) is 0.163. The van der Waals surface area contributed by atoms with Crippen molar-refractivity contribution >= 4 is 5.91 Å². The molecule has 1 saturated heterocycles. The molecule has 4 heteroatoms. The molecule has 1 rings (SSSR count). The van der Waals surface area contributed by atoms with Gasteiger partial charge in [0, 0.05) is 25.7 Å². The van der Waals surface area contributed by atoms with Gasteiger partial charge in [-0.3, -0.25) is 9.69 Å². The van der Waals surface area contributed by atoms with Gasteiger partial charge in [-0.2, -0.15) is 0 Å².